The summed E-state index contributed by atoms with van der Waals surface area (Å²) in [6, 6.07) is 24.5. The summed E-state index contributed by atoms with van der Waals surface area (Å²) in [6.07, 6.45) is 3.54. The standard InChI is InChI=1S/C31H25N5O4/c37-29(34-13-15-39-16-14-34)20-35-19-22(23-8-3-5-11-26(23)35)18-32-36-30(28-17-21-7-1-6-12-27(21)40-28)33-25-10-4-2-9-24(25)31(36)38/h1-12,17-19H,13-16,20H2. The fraction of sp³-hybridized carbons (Fsp3) is 0.161. The van der Waals surface area contributed by atoms with E-state index in [9.17, 15) is 9.59 Å². The molecule has 1 aliphatic rings. The summed E-state index contributed by atoms with van der Waals surface area (Å²) < 4.78 is 14.7. The van der Waals surface area contributed by atoms with Crippen LogP contribution in [0.3, 0.4) is 0 Å². The topological polar surface area (TPSA) is 94.9 Å². The van der Waals surface area contributed by atoms with Crippen LogP contribution in [0, 0.1) is 0 Å². The van der Waals surface area contributed by atoms with Crippen molar-refractivity contribution in [2.45, 2.75) is 6.54 Å². The van der Waals surface area contributed by atoms with Gasteiger partial charge in [-0.2, -0.15) is 9.78 Å². The second-order valence-electron chi connectivity index (χ2n) is 9.69. The second kappa shape index (κ2) is 9.94. The predicted octanol–water partition coefficient (Wildman–Crippen LogP) is 4.51. The predicted molar refractivity (Wildman–Crippen MR) is 154 cm³/mol. The number of hydrogen-bond acceptors (Lipinski definition) is 6. The third-order valence-corrected chi connectivity index (χ3v) is 7.20. The molecule has 0 unspecified atom stereocenters. The van der Waals surface area contributed by atoms with Gasteiger partial charge in [0.25, 0.3) is 5.56 Å². The molecule has 1 saturated heterocycles. The maximum atomic E-state index is 13.7. The Kier molecular flexibility index (Phi) is 5.98. The quantitative estimate of drug-likeness (QED) is 0.305. The van der Waals surface area contributed by atoms with Crippen molar-refractivity contribution in [1.29, 1.82) is 0 Å². The lowest BCUT2D eigenvalue weighted by atomic mass is 10.2. The largest absolute Gasteiger partial charge is 0.453 e. The fourth-order valence-corrected chi connectivity index (χ4v) is 5.17. The van der Waals surface area contributed by atoms with E-state index in [-0.39, 0.29) is 18.0 Å². The summed E-state index contributed by atoms with van der Waals surface area (Å²) in [5, 5.41) is 6.92. The molecule has 40 heavy (non-hydrogen) atoms. The summed E-state index contributed by atoms with van der Waals surface area (Å²) >= 11 is 0. The van der Waals surface area contributed by atoms with E-state index in [2.05, 4.69) is 5.10 Å². The van der Waals surface area contributed by atoms with Crippen molar-refractivity contribution in [1.82, 2.24) is 19.1 Å². The van der Waals surface area contributed by atoms with Crippen molar-refractivity contribution in [2.75, 3.05) is 26.3 Å². The number of carbonyl (C=O) groups is 1. The van der Waals surface area contributed by atoms with Crippen molar-refractivity contribution in [2.24, 2.45) is 5.10 Å². The van der Waals surface area contributed by atoms with Gasteiger partial charge in [0, 0.05) is 41.1 Å². The Hall–Kier alpha value is -5.02. The minimum absolute atomic E-state index is 0.0367. The molecule has 0 bridgehead atoms. The molecule has 6 aromatic rings. The zero-order valence-corrected chi connectivity index (χ0v) is 21.6. The number of ether oxygens (including phenoxy) is 1. The number of nitrogens with zero attached hydrogens (tertiary/aromatic N) is 5. The van der Waals surface area contributed by atoms with E-state index >= 15 is 0 Å². The van der Waals surface area contributed by atoms with Gasteiger partial charge in [0.15, 0.2) is 5.76 Å². The number of benzene rings is 3. The molecule has 0 aliphatic carbocycles. The number of furan rings is 1. The number of rotatable bonds is 5. The highest BCUT2D eigenvalue weighted by molar-refractivity contribution is 6.00. The highest BCUT2D eigenvalue weighted by Gasteiger charge is 2.19. The molecule has 0 N–H and O–H groups in total. The average Bonchev–Trinajstić information content (AvgIpc) is 3.59. The highest BCUT2D eigenvalue weighted by atomic mass is 16.5. The van der Waals surface area contributed by atoms with Crippen LogP contribution in [0.1, 0.15) is 5.56 Å². The molecule has 0 saturated carbocycles. The van der Waals surface area contributed by atoms with Gasteiger partial charge in [0.2, 0.25) is 11.7 Å². The molecule has 198 valence electrons. The lowest BCUT2D eigenvalue weighted by Crippen LogP contribution is -2.42. The van der Waals surface area contributed by atoms with Crippen molar-refractivity contribution in [3.63, 3.8) is 0 Å². The Morgan fingerprint density at radius 1 is 0.950 bits per heavy atom. The first-order valence-electron chi connectivity index (χ1n) is 13.1. The Bertz CT molecular complexity index is 1940. The van der Waals surface area contributed by atoms with Gasteiger partial charge in [0.05, 0.1) is 30.3 Å². The number of morpholine rings is 1. The second-order valence-corrected chi connectivity index (χ2v) is 9.69. The van der Waals surface area contributed by atoms with Gasteiger partial charge < -0.3 is 18.6 Å². The molecule has 0 spiro atoms. The van der Waals surface area contributed by atoms with Crippen molar-refractivity contribution in [3.8, 4) is 11.6 Å². The summed E-state index contributed by atoms with van der Waals surface area (Å²) in [7, 11) is 0. The first-order chi connectivity index (χ1) is 19.7. The minimum Gasteiger partial charge on any atom is -0.453 e. The summed E-state index contributed by atoms with van der Waals surface area (Å²) in [5.41, 5.74) is 2.65. The summed E-state index contributed by atoms with van der Waals surface area (Å²) in [5.74, 6) is 0.789. The van der Waals surface area contributed by atoms with Crippen LogP contribution in [0.5, 0.6) is 0 Å². The van der Waals surface area contributed by atoms with E-state index in [1.54, 1.807) is 24.4 Å². The lowest BCUT2D eigenvalue weighted by Gasteiger charge is -2.27. The first kappa shape index (κ1) is 24.1. The zero-order chi connectivity index (χ0) is 27.1. The van der Waals surface area contributed by atoms with E-state index in [0.29, 0.717) is 54.4 Å². The Morgan fingerprint density at radius 2 is 1.70 bits per heavy atom. The number of amides is 1. The average molecular weight is 532 g/mol. The number of fused-ring (bicyclic) bond motifs is 3. The van der Waals surface area contributed by atoms with Gasteiger partial charge in [-0.15, -0.1) is 0 Å². The van der Waals surface area contributed by atoms with Crippen LogP contribution < -0.4 is 5.56 Å². The van der Waals surface area contributed by atoms with Crippen LogP contribution in [-0.2, 0) is 16.1 Å². The van der Waals surface area contributed by atoms with Gasteiger partial charge in [0.1, 0.15) is 12.1 Å². The minimum atomic E-state index is -0.302. The molecule has 3 aromatic carbocycles. The summed E-state index contributed by atoms with van der Waals surface area (Å²) in [6.45, 7) is 2.50. The van der Waals surface area contributed by atoms with E-state index in [4.69, 9.17) is 14.1 Å². The normalized spacial score (nSPS) is 14.2. The third kappa shape index (κ3) is 4.26. The Morgan fingerprint density at radius 3 is 2.55 bits per heavy atom. The molecular formula is C31H25N5O4. The molecule has 4 heterocycles. The number of hydrogen-bond donors (Lipinski definition) is 0. The van der Waals surface area contributed by atoms with Crippen LogP contribution in [0.15, 0.2) is 99.4 Å². The number of aromatic nitrogens is 3. The summed E-state index contributed by atoms with van der Waals surface area (Å²) in [4.78, 5) is 33.2. The van der Waals surface area contributed by atoms with Crippen LogP contribution in [-0.4, -0.2) is 57.6 Å². The van der Waals surface area contributed by atoms with Gasteiger partial charge in [-0.1, -0.05) is 48.5 Å². The zero-order valence-electron chi connectivity index (χ0n) is 21.6. The van der Waals surface area contributed by atoms with Gasteiger partial charge in [-0.05, 0) is 30.3 Å². The van der Waals surface area contributed by atoms with E-state index in [1.165, 1.54) is 4.68 Å². The molecule has 1 fully saturated rings. The van der Waals surface area contributed by atoms with Crippen LogP contribution >= 0.6 is 0 Å². The van der Waals surface area contributed by atoms with Crippen molar-refractivity contribution in [3.05, 3.63) is 101 Å². The van der Waals surface area contributed by atoms with Crippen molar-refractivity contribution >= 4 is 44.9 Å². The smallest absolute Gasteiger partial charge is 0.282 e. The van der Waals surface area contributed by atoms with Crippen LogP contribution in [0.25, 0.3) is 44.4 Å². The molecular weight excluding hydrogens is 506 g/mol. The van der Waals surface area contributed by atoms with E-state index in [1.807, 2.05) is 76.3 Å². The van der Waals surface area contributed by atoms with E-state index in [0.717, 1.165) is 21.9 Å². The highest BCUT2D eigenvalue weighted by Crippen LogP contribution is 2.27. The van der Waals surface area contributed by atoms with Crippen LogP contribution in [0.4, 0.5) is 0 Å². The molecule has 9 heteroatoms. The number of carbonyl (C=O) groups excluding carboxylic acids is 1. The van der Waals surface area contributed by atoms with E-state index < -0.39 is 0 Å². The molecule has 7 rings (SSSR count). The van der Waals surface area contributed by atoms with Gasteiger partial charge >= 0.3 is 0 Å². The first-order valence-corrected chi connectivity index (χ1v) is 13.1. The molecule has 1 amide bonds. The Balaban J connectivity index is 1.32. The third-order valence-electron chi connectivity index (χ3n) is 7.20. The Labute approximate surface area is 228 Å². The van der Waals surface area contributed by atoms with Crippen molar-refractivity contribution < 1.29 is 13.9 Å². The molecule has 9 nitrogen and oxygen atoms in total. The van der Waals surface area contributed by atoms with Gasteiger partial charge in [-0.25, -0.2) is 4.98 Å². The van der Waals surface area contributed by atoms with Crippen LogP contribution in [0.2, 0.25) is 0 Å². The molecule has 0 atom stereocenters. The maximum absolute atomic E-state index is 13.7. The maximum Gasteiger partial charge on any atom is 0.282 e. The number of para-hydroxylation sites is 3. The molecule has 3 aromatic heterocycles. The SMILES string of the molecule is O=C(Cn1cc(C=Nn2c(-c3cc4ccccc4o3)nc3ccccc3c2=O)c2ccccc21)N1CCOCC1. The molecule has 0 radical (unpaired) electrons. The van der Waals surface area contributed by atoms with Gasteiger partial charge in [-0.3, -0.25) is 9.59 Å². The monoisotopic (exact) mass is 531 g/mol. The molecule has 1 aliphatic heterocycles. The lowest BCUT2D eigenvalue weighted by molar-refractivity contribution is -0.135. The fourth-order valence-electron chi connectivity index (χ4n) is 5.17.